The number of fused-ring (bicyclic) bond motifs is 6. The molecule has 0 saturated carbocycles. The molecule has 0 radical (unpaired) electrons. The van der Waals surface area contributed by atoms with Crippen LogP contribution in [0.5, 0.6) is 0 Å². The van der Waals surface area contributed by atoms with Gasteiger partial charge < -0.3 is 13.4 Å². The van der Waals surface area contributed by atoms with Crippen LogP contribution in [-0.4, -0.2) is 13.4 Å². The van der Waals surface area contributed by atoms with Gasteiger partial charge in [0.25, 0.3) is 0 Å². The van der Waals surface area contributed by atoms with Gasteiger partial charge in [0, 0.05) is 73.3 Å². The number of benzene rings is 4. The fourth-order valence-corrected chi connectivity index (χ4v) is 14.8. The molecule has 0 saturated heterocycles. The summed E-state index contributed by atoms with van der Waals surface area (Å²) in [4.78, 5) is 0. The molecule has 0 N–H and O–H groups in total. The second-order valence-electron chi connectivity index (χ2n) is 14.3. The molecule has 0 amide bonds. The predicted octanol–water partition coefficient (Wildman–Crippen LogP) is 12.0. The zero-order chi connectivity index (χ0) is 30.0. The maximum atomic E-state index is 2.81. The first-order valence-corrected chi connectivity index (χ1v) is 19.2. The molecule has 0 aliphatic carbocycles. The molecular formula is C42H17N3S3. The molecule has 0 spiro atoms. The summed E-state index contributed by atoms with van der Waals surface area (Å²) in [6.45, 7) is 0. The summed E-state index contributed by atoms with van der Waals surface area (Å²) in [7, 11) is 0. The number of aromatic nitrogens is 3. The van der Waals surface area contributed by atoms with E-state index in [2.05, 4.69) is 98.3 Å². The van der Waals surface area contributed by atoms with Crippen molar-refractivity contribution in [2.75, 3.05) is 0 Å². The normalized spacial score (nSPS) is 16.6. The summed E-state index contributed by atoms with van der Waals surface area (Å²) in [6, 6.07) is 31.1. The fraction of sp³-hybridized carbons (Fsp3) is 0.0476. The van der Waals surface area contributed by atoms with Crippen molar-refractivity contribution in [3.8, 4) is 0 Å². The van der Waals surface area contributed by atoms with Gasteiger partial charge in [0.1, 0.15) is 0 Å². The standard InChI is InChI=1S/C42H17N3S3/c1-4-16-19-10-13-23-41-32-29-18(6-3-8-26(29)47-41)21-12-15-24-42-33-30-17(5-2-9-27(30)48-42)20-11-14-22-40-31(28(16)25(7-1)46-40)34-37(43(19)23)35(32)39(45(21)24)36(33)38(34)44(20)22/h1-11,13-15,21H,12H2. The number of rotatable bonds is 0. The monoisotopic (exact) mass is 659 g/mol. The molecule has 218 valence electrons. The first-order chi connectivity index (χ1) is 23.8. The van der Waals surface area contributed by atoms with Crippen LogP contribution in [0.1, 0.15) is 18.0 Å². The Hall–Kier alpha value is -5.14. The minimum Gasteiger partial charge on any atom is -0.331 e. The van der Waals surface area contributed by atoms with Gasteiger partial charge in [0.05, 0.1) is 64.1 Å². The third-order valence-corrected chi connectivity index (χ3v) is 16.0. The van der Waals surface area contributed by atoms with Gasteiger partial charge in [0.15, 0.2) is 0 Å². The summed E-state index contributed by atoms with van der Waals surface area (Å²) >= 11 is 5.99. The molecule has 48 heavy (non-hydrogen) atoms. The molecular weight excluding hydrogens is 643 g/mol. The number of hydrogen-bond donors (Lipinski definition) is 0. The molecule has 0 fully saturated rings. The van der Waals surface area contributed by atoms with Crippen molar-refractivity contribution in [2.24, 2.45) is 0 Å². The minimum absolute atomic E-state index is 0.282. The van der Waals surface area contributed by atoms with Crippen molar-refractivity contribution in [3.05, 3.63) is 89.8 Å². The van der Waals surface area contributed by atoms with Crippen molar-refractivity contribution in [1.29, 1.82) is 0 Å². The number of nitrogens with zero attached hydrogens (tertiary/aromatic N) is 3. The van der Waals surface area contributed by atoms with Crippen molar-refractivity contribution < 1.29 is 0 Å². The Morgan fingerprint density at radius 3 is 1.65 bits per heavy atom. The van der Waals surface area contributed by atoms with Crippen LogP contribution in [0.25, 0.3) is 132 Å². The van der Waals surface area contributed by atoms with Crippen molar-refractivity contribution in [1.82, 2.24) is 13.4 Å². The highest BCUT2D eigenvalue weighted by atomic mass is 32.1. The zero-order valence-electron chi connectivity index (χ0n) is 24.9. The lowest BCUT2D eigenvalue weighted by Crippen LogP contribution is -2.20. The maximum absolute atomic E-state index is 2.81. The molecule has 2 aliphatic heterocycles. The van der Waals surface area contributed by atoms with E-state index >= 15 is 0 Å². The highest BCUT2D eigenvalue weighted by Crippen LogP contribution is 2.58. The molecule has 3 nitrogen and oxygen atoms in total. The average molecular weight is 660 g/mol. The lowest BCUT2D eigenvalue weighted by atomic mass is 9.94. The average Bonchev–Trinajstić information content (AvgIpc) is 3.94. The van der Waals surface area contributed by atoms with Crippen LogP contribution in [0.4, 0.5) is 0 Å². The highest BCUT2D eigenvalue weighted by Gasteiger charge is 2.36. The van der Waals surface area contributed by atoms with Crippen LogP contribution in [0.2, 0.25) is 0 Å². The largest absolute Gasteiger partial charge is 0.331 e. The molecule has 4 aromatic carbocycles. The van der Waals surface area contributed by atoms with E-state index in [4.69, 9.17) is 0 Å². The molecule has 14 aromatic rings. The van der Waals surface area contributed by atoms with E-state index in [1.54, 1.807) is 0 Å². The maximum Gasteiger partial charge on any atom is 0.0663 e. The van der Waals surface area contributed by atoms with Gasteiger partial charge in [0.2, 0.25) is 0 Å². The van der Waals surface area contributed by atoms with Crippen molar-refractivity contribution in [3.63, 3.8) is 0 Å². The highest BCUT2D eigenvalue weighted by molar-refractivity contribution is 7.28. The van der Waals surface area contributed by atoms with Crippen LogP contribution < -0.4 is 5.35 Å². The summed E-state index contributed by atoms with van der Waals surface area (Å²) in [5, 5.41) is 17.2. The molecule has 6 heteroatoms. The lowest BCUT2D eigenvalue weighted by Gasteiger charge is -2.22. The third-order valence-electron chi connectivity index (χ3n) is 12.5. The number of pyridine rings is 3. The Labute approximate surface area is 280 Å². The van der Waals surface area contributed by atoms with Gasteiger partial charge in [-0.2, -0.15) is 0 Å². The fourth-order valence-electron chi connectivity index (χ4n) is 11.0. The topological polar surface area (TPSA) is 13.8 Å². The molecule has 10 aromatic heterocycles. The Morgan fingerprint density at radius 1 is 0.458 bits per heavy atom. The molecule has 16 rings (SSSR count). The van der Waals surface area contributed by atoms with Gasteiger partial charge in [-0.1, -0.05) is 42.5 Å². The van der Waals surface area contributed by atoms with E-state index < -0.39 is 0 Å². The van der Waals surface area contributed by atoms with Crippen LogP contribution in [0.3, 0.4) is 0 Å². The lowest BCUT2D eigenvalue weighted by molar-refractivity contribution is 0.649. The second-order valence-corrected chi connectivity index (χ2v) is 17.4. The SMILES string of the molecule is C1=c2c3sc4cccc5c4c3c3c4c6c7c(sc8cccc(c87)C(C1)n24)c1ccc2c4cccc7sc8c(c74)c(c6n21)c3n1c5ccc81. The molecule has 12 heterocycles. The molecule has 0 bridgehead atoms. The van der Waals surface area contributed by atoms with E-state index in [1.165, 1.54) is 137 Å². The zero-order valence-corrected chi connectivity index (χ0v) is 27.4. The van der Waals surface area contributed by atoms with Crippen molar-refractivity contribution >= 4 is 166 Å². The van der Waals surface area contributed by atoms with E-state index in [9.17, 15) is 0 Å². The van der Waals surface area contributed by atoms with Crippen LogP contribution in [0, 0.1) is 0 Å². The van der Waals surface area contributed by atoms with Crippen LogP contribution >= 0.6 is 34.0 Å². The predicted molar refractivity (Wildman–Crippen MR) is 209 cm³/mol. The van der Waals surface area contributed by atoms with Gasteiger partial charge in [-0.3, -0.25) is 0 Å². The summed E-state index contributed by atoms with van der Waals surface area (Å²) in [5.74, 6) is 0. The van der Waals surface area contributed by atoms with Crippen LogP contribution in [-0.2, 0) is 0 Å². The van der Waals surface area contributed by atoms with Gasteiger partial charge in [-0.05, 0) is 54.4 Å². The van der Waals surface area contributed by atoms with Gasteiger partial charge in [-0.15, -0.1) is 34.0 Å². The Bertz CT molecular complexity index is 3950. The third kappa shape index (κ3) is 1.92. The summed E-state index contributed by atoms with van der Waals surface area (Å²) < 4.78 is 16.7. The van der Waals surface area contributed by atoms with E-state index in [0.29, 0.717) is 0 Å². The molecule has 1 unspecified atom stereocenters. The first kappa shape index (κ1) is 22.4. The quantitative estimate of drug-likeness (QED) is 0.144. The number of thiophene rings is 3. The molecule has 1 atom stereocenters. The van der Waals surface area contributed by atoms with Gasteiger partial charge >= 0.3 is 0 Å². The van der Waals surface area contributed by atoms with E-state index in [1.807, 2.05) is 34.0 Å². The van der Waals surface area contributed by atoms with E-state index in [-0.39, 0.29) is 6.04 Å². The van der Waals surface area contributed by atoms with Gasteiger partial charge in [-0.25, -0.2) is 0 Å². The first-order valence-electron chi connectivity index (χ1n) is 16.7. The molecule has 2 aliphatic rings. The Balaban J connectivity index is 1.49. The van der Waals surface area contributed by atoms with E-state index in [0.717, 1.165) is 6.42 Å². The smallest absolute Gasteiger partial charge is 0.0663 e. The summed E-state index contributed by atoms with van der Waals surface area (Å²) in [5.41, 5.74) is 11.1. The second kappa shape index (κ2) is 6.61. The Kier molecular flexibility index (Phi) is 3.09. The number of hydrogen-bond acceptors (Lipinski definition) is 3. The summed E-state index contributed by atoms with van der Waals surface area (Å²) in [6.07, 6.45) is 3.60. The Morgan fingerprint density at radius 2 is 0.979 bits per heavy atom. The minimum atomic E-state index is 0.282. The van der Waals surface area contributed by atoms with Crippen LogP contribution in [0.15, 0.2) is 78.9 Å². The van der Waals surface area contributed by atoms with Crippen molar-refractivity contribution in [2.45, 2.75) is 12.5 Å².